The summed E-state index contributed by atoms with van der Waals surface area (Å²) in [4.78, 5) is 29.6. The molecule has 0 spiro atoms. The van der Waals surface area contributed by atoms with E-state index >= 15 is 0 Å². The van der Waals surface area contributed by atoms with Gasteiger partial charge in [0, 0.05) is 13.6 Å². The highest BCUT2D eigenvalue weighted by atomic mass is 16.6. The number of rotatable bonds is 4. The van der Waals surface area contributed by atoms with Crippen molar-refractivity contribution in [2.45, 2.75) is 57.8 Å². The number of fused-ring (bicyclic) bond motifs is 1. The fraction of sp³-hybridized carbons (Fsp3) is 0.458. The van der Waals surface area contributed by atoms with Gasteiger partial charge in [0.05, 0.1) is 36.1 Å². The summed E-state index contributed by atoms with van der Waals surface area (Å²) in [5.74, 6) is -0.0799. The van der Waals surface area contributed by atoms with Crippen LogP contribution in [-0.4, -0.2) is 50.8 Å². The monoisotopic (exact) mass is 422 g/mol. The molecule has 1 aromatic carbocycles. The van der Waals surface area contributed by atoms with Gasteiger partial charge in [0.15, 0.2) is 0 Å². The highest BCUT2D eigenvalue weighted by Gasteiger charge is 2.51. The molecule has 0 unspecified atom stereocenters. The molecule has 0 saturated heterocycles. The van der Waals surface area contributed by atoms with Gasteiger partial charge in [-0.15, -0.1) is 0 Å². The van der Waals surface area contributed by atoms with E-state index in [9.17, 15) is 9.59 Å². The molecule has 1 aromatic heterocycles. The van der Waals surface area contributed by atoms with Crippen LogP contribution in [0.5, 0.6) is 0 Å². The summed E-state index contributed by atoms with van der Waals surface area (Å²) in [6.45, 7) is 10.8. The van der Waals surface area contributed by atoms with Crippen LogP contribution in [0.4, 0.5) is 4.79 Å². The number of ether oxygens (including phenoxy) is 1. The Morgan fingerprint density at radius 1 is 1.23 bits per heavy atom. The maximum Gasteiger partial charge on any atom is 0.410 e. The molecule has 2 heterocycles. The van der Waals surface area contributed by atoms with Gasteiger partial charge in [-0.1, -0.05) is 36.9 Å². The van der Waals surface area contributed by atoms with Crippen molar-refractivity contribution in [3.63, 3.8) is 0 Å². The molecule has 7 nitrogen and oxygen atoms in total. The van der Waals surface area contributed by atoms with E-state index in [2.05, 4.69) is 17.7 Å². The number of nitrogens with zero attached hydrogens (tertiary/aromatic N) is 4. The van der Waals surface area contributed by atoms with Crippen LogP contribution in [0.15, 0.2) is 37.0 Å². The smallest absolute Gasteiger partial charge is 0.410 e. The van der Waals surface area contributed by atoms with Gasteiger partial charge in [-0.25, -0.2) is 4.79 Å². The summed E-state index contributed by atoms with van der Waals surface area (Å²) < 4.78 is 7.34. The molecule has 164 valence electrons. The number of benzene rings is 1. The first kappa shape index (κ1) is 21.2. The van der Waals surface area contributed by atoms with Gasteiger partial charge in [-0.2, -0.15) is 5.10 Å². The van der Waals surface area contributed by atoms with Crippen LogP contribution in [0, 0.1) is 0 Å². The predicted molar refractivity (Wildman–Crippen MR) is 118 cm³/mol. The lowest BCUT2D eigenvalue weighted by Crippen LogP contribution is -2.43. The fourth-order valence-electron chi connectivity index (χ4n) is 4.28. The Bertz CT molecular complexity index is 1030. The maximum absolute atomic E-state index is 13.6. The van der Waals surface area contributed by atoms with Crippen LogP contribution >= 0.6 is 0 Å². The largest absolute Gasteiger partial charge is 0.444 e. The summed E-state index contributed by atoms with van der Waals surface area (Å²) in [6, 6.07) is 8.09. The zero-order chi connectivity index (χ0) is 22.4. The van der Waals surface area contributed by atoms with Gasteiger partial charge in [-0.05, 0) is 44.7 Å². The molecule has 2 aromatic rings. The van der Waals surface area contributed by atoms with E-state index in [4.69, 9.17) is 4.74 Å². The van der Waals surface area contributed by atoms with Gasteiger partial charge < -0.3 is 14.5 Å². The number of carbonyl (C=O) groups is 2. The highest BCUT2D eigenvalue weighted by Crippen LogP contribution is 2.52. The van der Waals surface area contributed by atoms with Gasteiger partial charge >= 0.3 is 6.09 Å². The minimum absolute atomic E-state index is 0.0799. The molecule has 0 atom stereocenters. The van der Waals surface area contributed by atoms with Crippen molar-refractivity contribution in [3.05, 3.63) is 59.4 Å². The third-order valence-electron chi connectivity index (χ3n) is 6.11. The Hall–Kier alpha value is -3.09. The van der Waals surface area contributed by atoms with Crippen LogP contribution in [-0.2, 0) is 23.4 Å². The summed E-state index contributed by atoms with van der Waals surface area (Å²) in [7, 11) is 1.85. The van der Waals surface area contributed by atoms with Crippen molar-refractivity contribution in [3.8, 4) is 0 Å². The van der Waals surface area contributed by atoms with E-state index in [1.165, 1.54) is 0 Å². The minimum Gasteiger partial charge on any atom is -0.444 e. The Morgan fingerprint density at radius 2 is 1.94 bits per heavy atom. The molecular formula is C24H30N4O3. The quantitative estimate of drug-likeness (QED) is 0.746. The van der Waals surface area contributed by atoms with Crippen molar-refractivity contribution in [1.29, 1.82) is 0 Å². The zero-order valence-corrected chi connectivity index (χ0v) is 18.7. The van der Waals surface area contributed by atoms with E-state index in [1.54, 1.807) is 11.1 Å². The lowest BCUT2D eigenvalue weighted by atomic mass is 9.96. The number of hydrogen-bond acceptors (Lipinski definition) is 4. The molecule has 0 radical (unpaired) electrons. The van der Waals surface area contributed by atoms with Crippen LogP contribution in [0.1, 0.15) is 60.8 Å². The standard InChI is InChI=1S/C24H30N4O3/c1-6-17-9-7-8-10-19(17)24(11-12-24)26(5)21(29)18-15-25-28-14-13-27(16-20(18)28)22(30)31-23(2,3)4/h6-10,15H,1,11-14,16H2,2-5H3. The Balaban J connectivity index is 1.58. The topological polar surface area (TPSA) is 67.7 Å². The van der Waals surface area contributed by atoms with E-state index < -0.39 is 5.60 Å². The molecular weight excluding hydrogens is 392 g/mol. The summed E-state index contributed by atoms with van der Waals surface area (Å²) in [6.07, 6.45) is 4.92. The van der Waals surface area contributed by atoms with Gasteiger partial charge in [0.25, 0.3) is 5.91 Å². The molecule has 2 amide bonds. The minimum atomic E-state index is -0.565. The van der Waals surface area contributed by atoms with Crippen molar-refractivity contribution in [2.24, 2.45) is 0 Å². The first-order chi connectivity index (χ1) is 14.7. The maximum atomic E-state index is 13.6. The Labute approximate surface area is 183 Å². The molecule has 1 aliphatic heterocycles. The number of carbonyl (C=O) groups excluding carboxylic acids is 2. The third kappa shape index (κ3) is 3.84. The normalized spacial score (nSPS) is 17.0. The number of aromatic nitrogens is 2. The van der Waals surface area contributed by atoms with E-state index in [1.807, 2.05) is 61.7 Å². The molecule has 1 aliphatic carbocycles. The number of hydrogen-bond donors (Lipinski definition) is 0. The van der Waals surface area contributed by atoms with Crippen molar-refractivity contribution >= 4 is 18.1 Å². The van der Waals surface area contributed by atoms with Crippen molar-refractivity contribution in [1.82, 2.24) is 19.6 Å². The van der Waals surface area contributed by atoms with Crippen molar-refractivity contribution in [2.75, 3.05) is 13.6 Å². The van der Waals surface area contributed by atoms with Crippen LogP contribution in [0.3, 0.4) is 0 Å². The van der Waals surface area contributed by atoms with E-state index in [0.717, 1.165) is 29.7 Å². The predicted octanol–water partition coefficient (Wildman–Crippen LogP) is 4.04. The molecule has 31 heavy (non-hydrogen) atoms. The van der Waals surface area contributed by atoms with Crippen LogP contribution < -0.4 is 0 Å². The second kappa shape index (κ2) is 7.55. The van der Waals surface area contributed by atoms with Crippen molar-refractivity contribution < 1.29 is 14.3 Å². The fourth-order valence-corrected chi connectivity index (χ4v) is 4.28. The van der Waals surface area contributed by atoms with Crippen LogP contribution in [0.25, 0.3) is 6.08 Å². The second-order valence-corrected chi connectivity index (χ2v) is 9.32. The SMILES string of the molecule is C=Cc1ccccc1C1(N(C)C(=O)c2cnn3c2CN(C(=O)OC(C)(C)C)CC3)CC1. The summed E-state index contributed by atoms with van der Waals surface area (Å²) >= 11 is 0. The average Bonchev–Trinajstić information content (AvgIpc) is 3.44. The average molecular weight is 423 g/mol. The lowest BCUT2D eigenvalue weighted by molar-refractivity contribution is 0.0192. The molecule has 0 N–H and O–H groups in total. The van der Waals surface area contributed by atoms with Gasteiger partial charge in [0.2, 0.25) is 0 Å². The first-order valence-corrected chi connectivity index (χ1v) is 10.7. The first-order valence-electron chi connectivity index (χ1n) is 10.7. The van der Waals surface area contributed by atoms with E-state index in [-0.39, 0.29) is 17.5 Å². The Kier molecular flexibility index (Phi) is 5.15. The van der Waals surface area contributed by atoms with Crippen LogP contribution in [0.2, 0.25) is 0 Å². The molecule has 4 rings (SSSR count). The number of amides is 2. The summed E-state index contributed by atoms with van der Waals surface area (Å²) in [5.41, 5.74) is 2.57. The second-order valence-electron chi connectivity index (χ2n) is 9.32. The van der Waals surface area contributed by atoms with E-state index in [0.29, 0.717) is 25.2 Å². The highest BCUT2D eigenvalue weighted by molar-refractivity contribution is 5.96. The van der Waals surface area contributed by atoms with Gasteiger partial charge in [0.1, 0.15) is 5.60 Å². The molecule has 7 heteroatoms. The Morgan fingerprint density at radius 3 is 2.58 bits per heavy atom. The third-order valence-corrected chi connectivity index (χ3v) is 6.11. The molecule has 1 fully saturated rings. The lowest BCUT2D eigenvalue weighted by Gasteiger charge is -2.32. The zero-order valence-electron chi connectivity index (χ0n) is 18.7. The summed E-state index contributed by atoms with van der Waals surface area (Å²) in [5, 5.41) is 4.41. The molecule has 0 bridgehead atoms. The molecule has 1 saturated carbocycles. The van der Waals surface area contributed by atoms with Gasteiger partial charge in [-0.3, -0.25) is 9.48 Å². The molecule has 2 aliphatic rings.